The zero-order valence-electron chi connectivity index (χ0n) is 13.9. The minimum atomic E-state index is -0.238. The molecule has 1 aromatic rings. The van der Waals surface area contributed by atoms with Gasteiger partial charge in [0.25, 0.3) is 0 Å². The molecule has 2 fully saturated rings. The largest absolute Gasteiger partial charge is 0.494 e. The monoisotopic (exact) mass is 299 g/mol. The molecular formula is C18H26BNO2. The van der Waals surface area contributed by atoms with Gasteiger partial charge in [-0.1, -0.05) is 31.0 Å². The molecule has 0 radical (unpaired) electrons. The van der Waals surface area contributed by atoms with Crippen molar-refractivity contribution >= 4 is 12.6 Å². The molecule has 0 amide bonds. The third-order valence-corrected chi connectivity index (χ3v) is 5.81. The van der Waals surface area contributed by atoms with Crippen molar-refractivity contribution in [2.45, 2.75) is 64.2 Å². The Bertz CT molecular complexity index is 584. The zero-order valence-corrected chi connectivity index (χ0v) is 13.9. The molecule has 0 bridgehead atoms. The van der Waals surface area contributed by atoms with Crippen LogP contribution < -0.4 is 10.8 Å². The zero-order chi connectivity index (χ0) is 15.4. The van der Waals surface area contributed by atoms with Gasteiger partial charge in [0.1, 0.15) is 0 Å². The summed E-state index contributed by atoms with van der Waals surface area (Å²) in [6, 6.07) is 6.70. The van der Waals surface area contributed by atoms with Gasteiger partial charge in [0.05, 0.1) is 11.2 Å². The van der Waals surface area contributed by atoms with Crippen molar-refractivity contribution in [2.75, 3.05) is 6.54 Å². The molecular weight excluding hydrogens is 273 g/mol. The highest BCUT2D eigenvalue weighted by atomic mass is 16.7. The van der Waals surface area contributed by atoms with E-state index in [1.54, 1.807) is 0 Å². The fraction of sp³-hybridized carbons (Fsp3) is 0.667. The van der Waals surface area contributed by atoms with Crippen LogP contribution in [0.4, 0.5) is 0 Å². The van der Waals surface area contributed by atoms with Gasteiger partial charge in [-0.15, -0.1) is 0 Å². The van der Waals surface area contributed by atoms with Crippen molar-refractivity contribution in [1.29, 1.82) is 0 Å². The quantitative estimate of drug-likeness (QED) is 0.870. The van der Waals surface area contributed by atoms with E-state index in [-0.39, 0.29) is 18.3 Å². The second-order valence-electron chi connectivity index (χ2n) is 7.91. The summed E-state index contributed by atoms with van der Waals surface area (Å²) in [5, 5.41) is 3.42. The fourth-order valence-electron chi connectivity index (χ4n) is 3.74. The summed E-state index contributed by atoms with van der Waals surface area (Å²) in [5.74, 6) is 0.834. The van der Waals surface area contributed by atoms with E-state index < -0.39 is 0 Å². The lowest BCUT2D eigenvalue weighted by molar-refractivity contribution is -0.0194. The van der Waals surface area contributed by atoms with Crippen LogP contribution in [-0.2, 0) is 22.3 Å². The van der Waals surface area contributed by atoms with Gasteiger partial charge in [-0.2, -0.15) is 0 Å². The average molecular weight is 299 g/mol. The highest BCUT2D eigenvalue weighted by molar-refractivity contribution is 6.62. The summed E-state index contributed by atoms with van der Waals surface area (Å²) < 4.78 is 12.8. The van der Waals surface area contributed by atoms with Crippen LogP contribution in [-0.4, -0.2) is 24.9 Å². The maximum absolute atomic E-state index is 6.45. The normalized spacial score (nSPS) is 30.4. The highest BCUT2D eigenvalue weighted by Crippen LogP contribution is 2.47. The summed E-state index contributed by atoms with van der Waals surface area (Å²) in [4.78, 5) is 0. The van der Waals surface area contributed by atoms with Crippen LogP contribution in [0, 0.1) is 5.92 Å². The number of hydrogen-bond acceptors (Lipinski definition) is 3. The first-order chi connectivity index (χ1) is 10.5. The molecule has 1 N–H and O–H groups in total. The summed E-state index contributed by atoms with van der Waals surface area (Å²) >= 11 is 0. The highest BCUT2D eigenvalue weighted by Gasteiger charge is 2.55. The van der Waals surface area contributed by atoms with Crippen LogP contribution in [0.3, 0.4) is 0 Å². The van der Waals surface area contributed by atoms with Crippen LogP contribution in [0.1, 0.15) is 51.2 Å². The molecule has 118 valence electrons. The van der Waals surface area contributed by atoms with Gasteiger partial charge in [-0.25, -0.2) is 0 Å². The molecule has 2 heterocycles. The van der Waals surface area contributed by atoms with Crippen LogP contribution >= 0.6 is 0 Å². The van der Waals surface area contributed by atoms with E-state index in [1.165, 1.54) is 29.4 Å². The maximum atomic E-state index is 6.45. The average Bonchev–Trinajstić information content (AvgIpc) is 3.25. The fourth-order valence-corrected chi connectivity index (χ4v) is 3.74. The Labute approximate surface area is 133 Å². The molecule has 0 aromatic heterocycles. The Morgan fingerprint density at radius 3 is 2.77 bits per heavy atom. The van der Waals surface area contributed by atoms with Gasteiger partial charge in [0, 0.05) is 6.54 Å². The van der Waals surface area contributed by atoms with E-state index in [4.69, 9.17) is 9.31 Å². The summed E-state index contributed by atoms with van der Waals surface area (Å²) in [6.07, 6.45) is 4.92. The molecule has 1 atom stereocenters. The third-order valence-electron chi connectivity index (χ3n) is 5.81. The molecule has 1 saturated carbocycles. The standard InChI is InChI=1S/C18H26BNO2/c1-17(2)18(3,11-13-4-5-13)22-19(21-17)16-7-6-15-12-20-9-8-14(15)10-16/h6-7,10,13,20H,4-5,8-9,11-12H2,1-3H3. The van der Waals surface area contributed by atoms with E-state index in [0.717, 1.165) is 31.8 Å². The van der Waals surface area contributed by atoms with Gasteiger partial charge in [0.15, 0.2) is 0 Å². The molecule has 1 aliphatic carbocycles. The van der Waals surface area contributed by atoms with Gasteiger partial charge in [0.2, 0.25) is 0 Å². The second-order valence-corrected chi connectivity index (χ2v) is 7.91. The lowest BCUT2D eigenvalue weighted by atomic mass is 9.77. The van der Waals surface area contributed by atoms with Gasteiger partial charge in [-0.3, -0.25) is 0 Å². The Morgan fingerprint density at radius 2 is 2.00 bits per heavy atom. The van der Waals surface area contributed by atoms with Crippen molar-refractivity contribution in [3.05, 3.63) is 29.3 Å². The smallest absolute Gasteiger partial charge is 0.399 e. The molecule has 1 saturated heterocycles. The number of benzene rings is 1. The lowest BCUT2D eigenvalue weighted by Crippen LogP contribution is -2.45. The van der Waals surface area contributed by atoms with Crippen molar-refractivity contribution < 1.29 is 9.31 Å². The number of rotatable bonds is 3. The number of nitrogens with one attached hydrogen (secondary N) is 1. The lowest BCUT2D eigenvalue weighted by Gasteiger charge is -2.36. The molecule has 1 unspecified atom stereocenters. The summed E-state index contributed by atoms with van der Waals surface area (Å²) in [5.41, 5.74) is 3.60. The van der Waals surface area contributed by atoms with Crippen LogP contribution in [0.5, 0.6) is 0 Å². The van der Waals surface area contributed by atoms with Crippen LogP contribution in [0.15, 0.2) is 18.2 Å². The van der Waals surface area contributed by atoms with E-state index >= 15 is 0 Å². The molecule has 4 rings (SSSR count). The Hall–Kier alpha value is -0.835. The van der Waals surface area contributed by atoms with Crippen LogP contribution in [0.25, 0.3) is 0 Å². The molecule has 3 aliphatic rings. The van der Waals surface area contributed by atoms with E-state index in [2.05, 4.69) is 44.3 Å². The van der Waals surface area contributed by atoms with Crippen molar-refractivity contribution in [3.8, 4) is 0 Å². The minimum Gasteiger partial charge on any atom is -0.399 e. The Kier molecular flexibility index (Phi) is 3.41. The predicted octanol–water partition coefficient (Wildman–Crippen LogP) is 2.41. The van der Waals surface area contributed by atoms with E-state index in [1.807, 2.05) is 0 Å². The topological polar surface area (TPSA) is 30.5 Å². The predicted molar refractivity (Wildman–Crippen MR) is 89.2 cm³/mol. The first kappa shape index (κ1) is 14.7. The molecule has 3 nitrogen and oxygen atoms in total. The van der Waals surface area contributed by atoms with Crippen molar-refractivity contribution in [3.63, 3.8) is 0 Å². The summed E-state index contributed by atoms with van der Waals surface area (Å²) in [7, 11) is -0.223. The third kappa shape index (κ3) is 2.51. The second kappa shape index (κ2) is 5.08. The SMILES string of the molecule is CC1(C)OB(c2ccc3c(c2)CCNC3)OC1(C)CC1CC1. The molecule has 2 aliphatic heterocycles. The first-order valence-electron chi connectivity index (χ1n) is 8.65. The Balaban J connectivity index is 1.58. The number of hydrogen-bond donors (Lipinski definition) is 1. The molecule has 1 aromatic carbocycles. The van der Waals surface area contributed by atoms with Crippen molar-refractivity contribution in [2.24, 2.45) is 5.92 Å². The van der Waals surface area contributed by atoms with Crippen LogP contribution in [0.2, 0.25) is 0 Å². The molecule has 0 spiro atoms. The van der Waals surface area contributed by atoms with Gasteiger partial charge < -0.3 is 14.6 Å². The maximum Gasteiger partial charge on any atom is 0.494 e. The van der Waals surface area contributed by atoms with Crippen molar-refractivity contribution in [1.82, 2.24) is 5.32 Å². The van der Waals surface area contributed by atoms with Gasteiger partial charge >= 0.3 is 7.12 Å². The molecule has 22 heavy (non-hydrogen) atoms. The van der Waals surface area contributed by atoms with E-state index in [9.17, 15) is 0 Å². The van der Waals surface area contributed by atoms with Gasteiger partial charge in [-0.05, 0) is 62.7 Å². The first-order valence-corrected chi connectivity index (χ1v) is 8.65. The minimum absolute atomic E-state index is 0.184. The molecule has 4 heteroatoms. The Morgan fingerprint density at radius 1 is 1.18 bits per heavy atom. The van der Waals surface area contributed by atoms with E-state index in [0.29, 0.717) is 0 Å². The number of fused-ring (bicyclic) bond motifs is 1. The summed E-state index contributed by atoms with van der Waals surface area (Å²) in [6.45, 7) is 8.63.